The molecule has 0 aromatic carbocycles. The summed E-state index contributed by atoms with van der Waals surface area (Å²) < 4.78 is 3.90. The van der Waals surface area contributed by atoms with Gasteiger partial charge in [-0.25, -0.2) is 14.5 Å². The molecule has 3 aromatic heterocycles. The lowest BCUT2D eigenvalue weighted by molar-refractivity contribution is 0.0691. The number of hydrogen-bond acceptors (Lipinski definition) is 4. The van der Waals surface area contributed by atoms with Gasteiger partial charge < -0.3 is 5.11 Å². The van der Waals surface area contributed by atoms with Crippen LogP contribution in [0.1, 0.15) is 94.0 Å². The molecule has 3 aromatic rings. The van der Waals surface area contributed by atoms with E-state index in [1.807, 2.05) is 21.8 Å². The Hall–Kier alpha value is -2.70. The Morgan fingerprint density at radius 3 is 2.48 bits per heavy atom. The van der Waals surface area contributed by atoms with Gasteiger partial charge in [0.05, 0.1) is 23.3 Å². The molecule has 0 bridgehead atoms. The topological polar surface area (TPSA) is 85.8 Å². The predicted octanol–water partition coefficient (Wildman–Crippen LogP) is 5.20. The second-order valence-electron chi connectivity index (χ2n) is 8.64. The van der Waals surface area contributed by atoms with Crippen molar-refractivity contribution in [3.63, 3.8) is 0 Å². The molecule has 154 valence electrons. The molecule has 1 N–H and O–H groups in total. The fraction of sp³-hybridized carbons (Fsp3) is 0.545. The molecule has 3 heterocycles. The average Bonchev–Trinajstić information content (AvgIpc) is 3.33. The SMILES string of the molecule is CC(C)c1nn(C2CCCCC2)c2nc(C(=O)O)cc(-c3cnn(C(C)C)c3)c12. The Morgan fingerprint density at radius 1 is 1.17 bits per heavy atom. The number of rotatable bonds is 5. The van der Waals surface area contributed by atoms with Crippen molar-refractivity contribution in [3.8, 4) is 11.1 Å². The third kappa shape index (κ3) is 3.54. The second kappa shape index (κ2) is 7.61. The first-order valence-electron chi connectivity index (χ1n) is 10.6. The summed E-state index contributed by atoms with van der Waals surface area (Å²) in [5.41, 5.74) is 3.47. The normalized spacial score (nSPS) is 15.7. The maximum atomic E-state index is 11.9. The Morgan fingerprint density at radius 2 is 1.90 bits per heavy atom. The minimum atomic E-state index is -1.02. The van der Waals surface area contributed by atoms with Gasteiger partial charge in [0.2, 0.25) is 0 Å². The van der Waals surface area contributed by atoms with Crippen LogP contribution < -0.4 is 0 Å². The lowest BCUT2D eigenvalue weighted by Gasteiger charge is -2.22. The highest BCUT2D eigenvalue weighted by atomic mass is 16.4. The Bertz CT molecular complexity index is 1040. The predicted molar refractivity (Wildman–Crippen MR) is 112 cm³/mol. The van der Waals surface area contributed by atoms with Gasteiger partial charge in [0.1, 0.15) is 0 Å². The summed E-state index contributed by atoms with van der Waals surface area (Å²) in [6.07, 6.45) is 9.52. The van der Waals surface area contributed by atoms with Crippen molar-refractivity contribution in [2.45, 2.75) is 77.8 Å². The molecule has 0 unspecified atom stereocenters. The fourth-order valence-electron chi connectivity index (χ4n) is 4.24. The van der Waals surface area contributed by atoms with Gasteiger partial charge in [0.25, 0.3) is 0 Å². The summed E-state index contributed by atoms with van der Waals surface area (Å²) in [7, 11) is 0. The van der Waals surface area contributed by atoms with Crippen LogP contribution in [0.5, 0.6) is 0 Å². The van der Waals surface area contributed by atoms with E-state index in [1.165, 1.54) is 19.3 Å². The molecular formula is C22H29N5O2. The van der Waals surface area contributed by atoms with Crippen molar-refractivity contribution in [1.82, 2.24) is 24.5 Å². The molecule has 1 aliphatic carbocycles. The number of hydrogen-bond donors (Lipinski definition) is 1. The molecule has 0 saturated heterocycles. The van der Waals surface area contributed by atoms with Gasteiger partial charge in [0, 0.05) is 23.4 Å². The van der Waals surface area contributed by atoms with E-state index in [0.29, 0.717) is 5.65 Å². The van der Waals surface area contributed by atoms with E-state index in [2.05, 4.69) is 37.8 Å². The monoisotopic (exact) mass is 395 g/mol. The molecule has 1 aliphatic rings. The number of carboxylic acid groups (broad SMARTS) is 1. The van der Waals surface area contributed by atoms with Gasteiger partial charge in [-0.1, -0.05) is 33.1 Å². The summed E-state index contributed by atoms with van der Waals surface area (Å²) in [6.45, 7) is 8.39. The van der Waals surface area contributed by atoms with Gasteiger partial charge in [-0.15, -0.1) is 0 Å². The van der Waals surface area contributed by atoms with Crippen LogP contribution in [0.3, 0.4) is 0 Å². The summed E-state index contributed by atoms with van der Waals surface area (Å²) in [5, 5.41) is 20.1. The van der Waals surface area contributed by atoms with Gasteiger partial charge in [0.15, 0.2) is 11.3 Å². The Balaban J connectivity index is 2.00. The fourth-order valence-corrected chi connectivity index (χ4v) is 4.24. The van der Waals surface area contributed by atoms with Gasteiger partial charge >= 0.3 is 5.97 Å². The van der Waals surface area contributed by atoms with E-state index >= 15 is 0 Å². The third-order valence-corrected chi connectivity index (χ3v) is 5.82. The molecule has 7 nitrogen and oxygen atoms in total. The zero-order valence-corrected chi connectivity index (χ0v) is 17.6. The van der Waals surface area contributed by atoms with Crippen LogP contribution in [0.4, 0.5) is 0 Å². The molecule has 4 rings (SSSR count). The molecule has 7 heteroatoms. The lowest BCUT2D eigenvalue weighted by atomic mass is 9.95. The van der Waals surface area contributed by atoms with Crippen molar-refractivity contribution < 1.29 is 9.90 Å². The molecule has 29 heavy (non-hydrogen) atoms. The van der Waals surface area contributed by atoms with Crippen LogP contribution in [-0.2, 0) is 0 Å². The first-order chi connectivity index (χ1) is 13.9. The molecular weight excluding hydrogens is 366 g/mol. The number of carboxylic acids is 1. The number of aromatic nitrogens is 5. The minimum absolute atomic E-state index is 0.0528. The standard InChI is InChI=1S/C22H29N5O2/c1-13(2)20-19-17(15-11-23-26(12-15)14(3)4)10-18(22(28)29)24-21(19)27(25-20)16-8-6-5-7-9-16/h10-14,16H,5-9H2,1-4H3,(H,28,29). The van der Waals surface area contributed by atoms with Gasteiger partial charge in [-0.05, 0) is 38.7 Å². The summed E-state index contributed by atoms with van der Waals surface area (Å²) >= 11 is 0. The molecule has 1 saturated carbocycles. The first-order valence-corrected chi connectivity index (χ1v) is 10.6. The highest BCUT2D eigenvalue weighted by molar-refractivity contribution is 5.99. The van der Waals surface area contributed by atoms with E-state index in [9.17, 15) is 9.90 Å². The van der Waals surface area contributed by atoms with Crippen LogP contribution in [-0.4, -0.2) is 35.6 Å². The smallest absolute Gasteiger partial charge is 0.354 e. The van der Waals surface area contributed by atoms with Crippen molar-refractivity contribution in [3.05, 3.63) is 29.8 Å². The van der Waals surface area contributed by atoms with Gasteiger partial charge in [-0.3, -0.25) is 4.68 Å². The number of aromatic carboxylic acids is 1. The molecule has 0 atom stereocenters. The van der Waals surface area contributed by atoms with Crippen molar-refractivity contribution in [1.29, 1.82) is 0 Å². The summed E-state index contributed by atoms with van der Waals surface area (Å²) in [6, 6.07) is 2.18. The number of fused-ring (bicyclic) bond motifs is 1. The van der Waals surface area contributed by atoms with E-state index in [-0.39, 0.29) is 23.7 Å². The molecule has 0 aliphatic heterocycles. The van der Waals surface area contributed by atoms with E-state index in [0.717, 1.165) is 35.0 Å². The zero-order valence-electron chi connectivity index (χ0n) is 17.6. The summed E-state index contributed by atoms with van der Waals surface area (Å²) in [5.74, 6) is -0.814. The maximum absolute atomic E-state index is 11.9. The number of nitrogens with zero attached hydrogens (tertiary/aromatic N) is 5. The van der Waals surface area contributed by atoms with Crippen LogP contribution in [0.2, 0.25) is 0 Å². The largest absolute Gasteiger partial charge is 0.477 e. The van der Waals surface area contributed by atoms with Crippen molar-refractivity contribution >= 4 is 17.0 Å². The van der Waals surface area contributed by atoms with Crippen LogP contribution in [0.15, 0.2) is 18.5 Å². The van der Waals surface area contributed by atoms with E-state index in [1.54, 1.807) is 6.07 Å². The highest BCUT2D eigenvalue weighted by Crippen LogP contribution is 2.38. The van der Waals surface area contributed by atoms with Crippen LogP contribution in [0, 0.1) is 0 Å². The summed E-state index contributed by atoms with van der Waals surface area (Å²) in [4.78, 5) is 16.4. The lowest BCUT2D eigenvalue weighted by Crippen LogP contribution is -2.15. The van der Waals surface area contributed by atoms with Crippen LogP contribution >= 0.6 is 0 Å². The molecule has 0 amide bonds. The Labute approximate surface area is 170 Å². The first kappa shape index (κ1) is 19.6. The minimum Gasteiger partial charge on any atom is -0.477 e. The zero-order chi connectivity index (χ0) is 20.7. The third-order valence-electron chi connectivity index (χ3n) is 5.82. The average molecular weight is 396 g/mol. The quantitative estimate of drug-likeness (QED) is 0.641. The number of carbonyl (C=O) groups is 1. The van der Waals surface area contributed by atoms with Crippen molar-refractivity contribution in [2.24, 2.45) is 0 Å². The van der Waals surface area contributed by atoms with E-state index < -0.39 is 5.97 Å². The molecule has 0 spiro atoms. The molecule has 1 fully saturated rings. The number of pyridine rings is 1. The van der Waals surface area contributed by atoms with E-state index in [4.69, 9.17) is 5.10 Å². The van der Waals surface area contributed by atoms with Crippen molar-refractivity contribution in [2.75, 3.05) is 0 Å². The van der Waals surface area contributed by atoms with Gasteiger partial charge in [-0.2, -0.15) is 10.2 Å². The molecule has 0 radical (unpaired) electrons. The van der Waals surface area contributed by atoms with Crippen LogP contribution in [0.25, 0.3) is 22.2 Å². The second-order valence-corrected chi connectivity index (χ2v) is 8.64. The highest BCUT2D eigenvalue weighted by Gasteiger charge is 2.26. The Kier molecular flexibility index (Phi) is 5.15. The maximum Gasteiger partial charge on any atom is 0.354 e.